The number of carbonyl (C=O) groups excluding carboxylic acids is 2. The number of carbonyl (C=O) groups is 2. The van der Waals surface area contributed by atoms with Crippen molar-refractivity contribution >= 4 is 28.2 Å². The van der Waals surface area contributed by atoms with E-state index in [4.69, 9.17) is 4.74 Å². The summed E-state index contributed by atoms with van der Waals surface area (Å²) in [6.45, 7) is 11.8. The first-order chi connectivity index (χ1) is 13.2. The molecule has 0 atom stereocenters. The Balaban J connectivity index is 1.96. The number of hydrogen-bond acceptors (Lipinski definition) is 6. The van der Waals surface area contributed by atoms with E-state index in [2.05, 4.69) is 29.2 Å². The van der Waals surface area contributed by atoms with Gasteiger partial charge in [0.1, 0.15) is 10.7 Å². The van der Waals surface area contributed by atoms with Gasteiger partial charge in [-0.3, -0.25) is 14.4 Å². The Morgan fingerprint density at radius 3 is 2.57 bits per heavy atom. The molecule has 1 aliphatic rings. The van der Waals surface area contributed by atoms with Crippen LogP contribution in [0, 0.1) is 6.92 Å². The summed E-state index contributed by atoms with van der Waals surface area (Å²) in [5.74, 6) is -0.668. The number of fused-ring (bicyclic) bond motifs is 1. The molecular formula is C20H28N4O3S. The molecule has 3 heterocycles. The third-order valence-electron chi connectivity index (χ3n) is 5.01. The molecule has 0 radical (unpaired) electrons. The zero-order valence-corrected chi connectivity index (χ0v) is 18.1. The molecule has 0 fully saturated rings. The molecule has 2 aromatic heterocycles. The van der Waals surface area contributed by atoms with E-state index in [0.29, 0.717) is 22.3 Å². The topological polar surface area (TPSA) is 76.5 Å². The first-order valence-corrected chi connectivity index (χ1v) is 10.4. The maximum absolute atomic E-state index is 13.0. The fourth-order valence-electron chi connectivity index (χ4n) is 3.52. The van der Waals surface area contributed by atoms with E-state index in [0.717, 1.165) is 35.6 Å². The average molecular weight is 405 g/mol. The number of anilines is 1. The zero-order chi connectivity index (χ0) is 20.6. The quantitative estimate of drug-likeness (QED) is 0.770. The smallest absolute Gasteiger partial charge is 0.341 e. The molecule has 152 valence electrons. The van der Waals surface area contributed by atoms with Gasteiger partial charge in [-0.25, -0.2) is 4.79 Å². The molecule has 0 spiro atoms. The Kier molecular flexibility index (Phi) is 5.90. The lowest BCUT2D eigenvalue weighted by Crippen LogP contribution is -2.35. The van der Waals surface area contributed by atoms with E-state index < -0.39 is 5.97 Å². The molecular weight excluding hydrogens is 376 g/mol. The number of nitrogens with zero attached hydrogens (tertiary/aromatic N) is 3. The van der Waals surface area contributed by atoms with E-state index in [1.54, 1.807) is 10.7 Å². The number of aryl methyl sites for hydroxylation is 1. The second-order valence-corrected chi connectivity index (χ2v) is 8.78. The average Bonchev–Trinajstić information content (AvgIpc) is 3.20. The van der Waals surface area contributed by atoms with Gasteiger partial charge in [0.15, 0.2) is 0 Å². The van der Waals surface area contributed by atoms with Crippen LogP contribution in [0.2, 0.25) is 0 Å². The van der Waals surface area contributed by atoms with Gasteiger partial charge in [0.05, 0.1) is 18.4 Å². The van der Waals surface area contributed by atoms with Gasteiger partial charge in [-0.15, -0.1) is 11.3 Å². The standard InChI is InChI=1S/C20H28N4O3S/c1-11(2)23-8-7-14-16(10-23)28-19(17(14)20(26)27-6)21-18(25)15-9-13(5)22-24(15)12(3)4/h9,11-12H,7-8,10H2,1-6H3,(H,21,25). The van der Waals surface area contributed by atoms with Gasteiger partial charge in [0.2, 0.25) is 0 Å². The predicted molar refractivity (Wildman–Crippen MR) is 110 cm³/mol. The van der Waals surface area contributed by atoms with Gasteiger partial charge in [0.25, 0.3) is 5.91 Å². The van der Waals surface area contributed by atoms with Crippen LogP contribution < -0.4 is 5.32 Å². The van der Waals surface area contributed by atoms with Crippen LogP contribution in [0.3, 0.4) is 0 Å². The third-order valence-corrected chi connectivity index (χ3v) is 6.15. The van der Waals surface area contributed by atoms with Crippen LogP contribution in [0.4, 0.5) is 5.00 Å². The van der Waals surface area contributed by atoms with Crippen LogP contribution in [0.25, 0.3) is 0 Å². The lowest BCUT2D eigenvalue weighted by atomic mass is 10.0. The summed E-state index contributed by atoms with van der Waals surface area (Å²) in [6, 6.07) is 2.25. The highest BCUT2D eigenvalue weighted by Gasteiger charge is 2.30. The van der Waals surface area contributed by atoms with E-state index in [1.165, 1.54) is 18.4 Å². The van der Waals surface area contributed by atoms with Crippen molar-refractivity contribution in [1.82, 2.24) is 14.7 Å². The molecule has 0 aliphatic carbocycles. The monoisotopic (exact) mass is 404 g/mol. The van der Waals surface area contributed by atoms with Crippen LogP contribution in [0.5, 0.6) is 0 Å². The number of ether oxygens (including phenoxy) is 1. The Morgan fingerprint density at radius 1 is 1.25 bits per heavy atom. The number of nitrogens with one attached hydrogen (secondary N) is 1. The summed E-state index contributed by atoms with van der Waals surface area (Å²) >= 11 is 1.47. The molecule has 0 aromatic carbocycles. The number of hydrogen-bond donors (Lipinski definition) is 1. The fourth-order valence-corrected chi connectivity index (χ4v) is 4.77. The molecule has 0 saturated heterocycles. The SMILES string of the molecule is COC(=O)c1c(NC(=O)c2cc(C)nn2C(C)C)sc2c1CCN(C(C)C)C2. The van der Waals surface area contributed by atoms with Crippen LogP contribution in [-0.2, 0) is 17.7 Å². The largest absolute Gasteiger partial charge is 0.465 e. The Labute approximate surface area is 169 Å². The first-order valence-electron chi connectivity index (χ1n) is 9.57. The van der Waals surface area contributed by atoms with E-state index >= 15 is 0 Å². The van der Waals surface area contributed by atoms with Crippen molar-refractivity contribution in [1.29, 1.82) is 0 Å². The maximum Gasteiger partial charge on any atom is 0.341 e. The molecule has 7 nitrogen and oxygen atoms in total. The summed E-state index contributed by atoms with van der Waals surface area (Å²) in [6.07, 6.45) is 0.771. The Morgan fingerprint density at radius 2 is 1.96 bits per heavy atom. The lowest BCUT2D eigenvalue weighted by molar-refractivity contribution is 0.0600. The van der Waals surface area contributed by atoms with Gasteiger partial charge >= 0.3 is 5.97 Å². The van der Waals surface area contributed by atoms with Gasteiger partial charge in [-0.05, 0) is 52.7 Å². The molecule has 3 rings (SSSR count). The molecule has 28 heavy (non-hydrogen) atoms. The van der Waals surface area contributed by atoms with Gasteiger partial charge < -0.3 is 10.1 Å². The molecule has 8 heteroatoms. The van der Waals surface area contributed by atoms with Gasteiger partial charge in [-0.1, -0.05) is 0 Å². The normalized spacial score (nSPS) is 14.4. The third kappa shape index (κ3) is 3.84. The number of thiophene rings is 1. The second-order valence-electron chi connectivity index (χ2n) is 7.68. The number of methoxy groups -OCH3 is 1. The molecule has 1 amide bonds. The van der Waals surface area contributed by atoms with Crippen LogP contribution in [0.1, 0.15) is 70.7 Å². The number of amides is 1. The zero-order valence-electron chi connectivity index (χ0n) is 17.3. The highest BCUT2D eigenvalue weighted by atomic mass is 32.1. The van der Waals surface area contributed by atoms with E-state index in [9.17, 15) is 9.59 Å². The summed E-state index contributed by atoms with van der Waals surface area (Å²) in [5, 5.41) is 7.91. The predicted octanol–water partition coefficient (Wildman–Crippen LogP) is 3.64. The van der Waals surface area contributed by atoms with Crippen LogP contribution in [0.15, 0.2) is 6.07 Å². The lowest BCUT2D eigenvalue weighted by Gasteiger charge is -2.30. The Bertz CT molecular complexity index is 898. The first kappa shape index (κ1) is 20.5. The molecule has 1 aliphatic heterocycles. The second kappa shape index (κ2) is 8.05. The van der Waals surface area contributed by atoms with Gasteiger partial charge in [-0.2, -0.15) is 5.10 Å². The molecule has 0 bridgehead atoms. The summed E-state index contributed by atoms with van der Waals surface area (Å²) in [4.78, 5) is 28.9. The maximum atomic E-state index is 13.0. The highest BCUT2D eigenvalue weighted by molar-refractivity contribution is 7.17. The van der Waals surface area contributed by atoms with Crippen molar-refractivity contribution < 1.29 is 14.3 Å². The van der Waals surface area contributed by atoms with Gasteiger partial charge in [0, 0.05) is 30.1 Å². The number of rotatable bonds is 5. The van der Waals surface area contributed by atoms with Crippen molar-refractivity contribution in [3.63, 3.8) is 0 Å². The molecule has 1 N–H and O–H groups in total. The molecule has 0 unspecified atom stereocenters. The van der Waals surface area contributed by atoms with Crippen molar-refractivity contribution in [2.24, 2.45) is 0 Å². The minimum Gasteiger partial charge on any atom is -0.465 e. The Hall–Kier alpha value is -2.19. The van der Waals surface area contributed by atoms with E-state index in [-0.39, 0.29) is 11.9 Å². The van der Waals surface area contributed by atoms with Crippen molar-refractivity contribution in [2.75, 3.05) is 19.0 Å². The minimum absolute atomic E-state index is 0.0608. The summed E-state index contributed by atoms with van der Waals surface area (Å²) < 4.78 is 6.72. The van der Waals surface area contributed by atoms with E-state index in [1.807, 2.05) is 20.8 Å². The highest BCUT2D eigenvalue weighted by Crippen LogP contribution is 2.38. The van der Waals surface area contributed by atoms with Crippen molar-refractivity contribution in [3.05, 3.63) is 33.5 Å². The summed E-state index contributed by atoms with van der Waals surface area (Å²) in [7, 11) is 1.37. The number of esters is 1. The minimum atomic E-state index is -0.403. The van der Waals surface area contributed by atoms with Crippen LogP contribution >= 0.6 is 11.3 Å². The summed E-state index contributed by atoms with van der Waals surface area (Å²) in [5.41, 5.74) is 2.76. The number of aromatic nitrogens is 2. The van der Waals surface area contributed by atoms with Crippen LogP contribution in [-0.4, -0.2) is 46.3 Å². The molecule has 0 saturated carbocycles. The fraction of sp³-hybridized carbons (Fsp3) is 0.550. The molecule has 2 aromatic rings. The van der Waals surface area contributed by atoms with Crippen molar-refractivity contribution in [3.8, 4) is 0 Å². The van der Waals surface area contributed by atoms with Crippen molar-refractivity contribution in [2.45, 2.75) is 59.7 Å².